The van der Waals surface area contributed by atoms with Crippen molar-refractivity contribution in [3.8, 4) is 0 Å². The summed E-state index contributed by atoms with van der Waals surface area (Å²) in [7, 11) is 0. The summed E-state index contributed by atoms with van der Waals surface area (Å²) in [6.07, 6.45) is 0.00385. The average molecular weight is 481 g/mol. The maximum Gasteiger partial charge on any atom is 0.186 e. The molecule has 8 nitrogen and oxygen atoms in total. The highest BCUT2D eigenvalue weighted by molar-refractivity contribution is 5.86. The summed E-state index contributed by atoms with van der Waals surface area (Å²) in [5.74, 6) is 0.0660. The number of ketones is 1. The molecule has 3 fully saturated rings. The highest BCUT2D eigenvalue weighted by Crippen LogP contribution is 2.63. The Bertz CT molecular complexity index is 841. The van der Waals surface area contributed by atoms with Crippen molar-refractivity contribution in [1.29, 1.82) is 0 Å². The van der Waals surface area contributed by atoms with Crippen molar-refractivity contribution in [1.82, 2.24) is 0 Å². The molecule has 4 aliphatic rings. The predicted octanol–water partition coefficient (Wildman–Crippen LogP) is 1.09. The van der Waals surface area contributed by atoms with Gasteiger partial charge in [0.05, 0.1) is 24.7 Å². The second-order valence-electron chi connectivity index (χ2n) is 11.6. The number of fused-ring (bicyclic) bond motifs is 3. The fourth-order valence-corrected chi connectivity index (χ4v) is 7.09. The van der Waals surface area contributed by atoms with Gasteiger partial charge in [-0.15, -0.1) is 6.58 Å². The van der Waals surface area contributed by atoms with Crippen molar-refractivity contribution in [2.75, 3.05) is 13.2 Å². The molecule has 4 rings (SSSR count). The third-order valence-electron chi connectivity index (χ3n) is 9.47. The Morgan fingerprint density at radius 3 is 2.50 bits per heavy atom. The molecule has 1 heterocycles. The van der Waals surface area contributed by atoms with E-state index in [1.165, 1.54) is 0 Å². The van der Waals surface area contributed by atoms with E-state index < -0.39 is 48.8 Å². The van der Waals surface area contributed by atoms with Gasteiger partial charge < -0.3 is 35.0 Å². The smallest absolute Gasteiger partial charge is 0.186 e. The van der Waals surface area contributed by atoms with Crippen LogP contribution in [0, 0.1) is 28.1 Å². The first-order valence-electron chi connectivity index (χ1n) is 12.4. The Balaban J connectivity index is 1.59. The lowest BCUT2D eigenvalue weighted by molar-refractivity contribution is -0.307. The molecule has 2 saturated carbocycles. The topological polar surface area (TPSA) is 137 Å². The minimum atomic E-state index is -1.54. The zero-order chi connectivity index (χ0) is 25.1. The normalized spacial score (nSPS) is 51.3. The Morgan fingerprint density at radius 2 is 1.85 bits per heavy atom. The number of carbonyl (C=O) groups is 1. The van der Waals surface area contributed by atoms with Crippen LogP contribution in [-0.2, 0) is 14.3 Å². The van der Waals surface area contributed by atoms with Crippen molar-refractivity contribution in [2.24, 2.45) is 28.1 Å². The van der Waals surface area contributed by atoms with Crippen molar-refractivity contribution in [3.05, 3.63) is 24.3 Å². The minimum absolute atomic E-state index is 0.0472. The van der Waals surface area contributed by atoms with Crippen LogP contribution in [0.3, 0.4) is 0 Å². The number of hydrogen-bond acceptors (Lipinski definition) is 8. The molecule has 1 saturated heterocycles. The number of allylic oxidation sites excluding steroid dienone is 2. The van der Waals surface area contributed by atoms with E-state index in [1.807, 2.05) is 13.0 Å². The number of carbonyl (C=O) groups excluding carboxylic acids is 1. The SMILES string of the molecule is C=C[C@]1(C)C=C2C(O)CC3[C@](C)(CCC(=O)[C@]3(C)CO[C@@H]3OC(CO)[C@@H](O)C(O)C3O)C2CC1. The standard InChI is InChI=1S/C26H40O8/c1-5-24(2)8-6-15-14(11-24)16(28)10-18-25(15,3)9-7-19(29)26(18,4)13-33-23-22(32)21(31)20(30)17(12-27)34-23/h5,11,15-18,20-23,27-28,30-32H,1,6-10,12-13H2,2-4H3/t15?,16?,17?,18?,20-,21?,22?,23-,24+,25-,26-/m1/s1. The van der Waals surface area contributed by atoms with E-state index in [9.17, 15) is 30.3 Å². The predicted molar refractivity (Wildman–Crippen MR) is 123 cm³/mol. The second kappa shape index (κ2) is 9.07. The molecule has 0 amide bonds. The zero-order valence-corrected chi connectivity index (χ0v) is 20.4. The lowest BCUT2D eigenvalue weighted by Crippen LogP contribution is -2.61. The van der Waals surface area contributed by atoms with Gasteiger partial charge in [0, 0.05) is 11.8 Å². The van der Waals surface area contributed by atoms with Gasteiger partial charge in [-0.25, -0.2) is 0 Å². The van der Waals surface area contributed by atoms with Crippen molar-refractivity contribution >= 4 is 5.78 Å². The molecule has 0 bridgehead atoms. The summed E-state index contributed by atoms with van der Waals surface area (Å²) in [5, 5.41) is 51.1. The van der Waals surface area contributed by atoms with Crippen LogP contribution in [0.5, 0.6) is 0 Å². The van der Waals surface area contributed by atoms with E-state index >= 15 is 0 Å². The quantitative estimate of drug-likeness (QED) is 0.369. The highest BCUT2D eigenvalue weighted by atomic mass is 16.7. The fourth-order valence-electron chi connectivity index (χ4n) is 7.09. The van der Waals surface area contributed by atoms with E-state index in [4.69, 9.17) is 9.47 Å². The number of Topliss-reactive ketones (excluding diaryl/α,β-unsaturated/α-hetero) is 1. The molecule has 0 aromatic carbocycles. The number of ether oxygens (including phenoxy) is 2. The molecular formula is C26H40O8. The van der Waals surface area contributed by atoms with E-state index in [0.29, 0.717) is 12.8 Å². The summed E-state index contributed by atoms with van der Waals surface area (Å²) < 4.78 is 11.4. The zero-order valence-electron chi connectivity index (χ0n) is 20.4. The molecule has 5 N–H and O–H groups in total. The molecule has 6 unspecified atom stereocenters. The summed E-state index contributed by atoms with van der Waals surface area (Å²) in [6, 6.07) is 0. The molecular weight excluding hydrogens is 440 g/mol. The molecule has 0 spiro atoms. The highest BCUT2D eigenvalue weighted by Gasteiger charge is 2.61. The largest absolute Gasteiger partial charge is 0.394 e. The van der Waals surface area contributed by atoms with Gasteiger partial charge >= 0.3 is 0 Å². The number of hydrogen-bond donors (Lipinski definition) is 5. The third kappa shape index (κ3) is 4.01. The maximum absolute atomic E-state index is 13.3. The van der Waals surface area contributed by atoms with Gasteiger partial charge in [-0.3, -0.25) is 4.79 Å². The van der Waals surface area contributed by atoms with Crippen LogP contribution >= 0.6 is 0 Å². The summed E-state index contributed by atoms with van der Waals surface area (Å²) in [6.45, 7) is 9.59. The molecule has 192 valence electrons. The minimum Gasteiger partial charge on any atom is -0.394 e. The lowest BCUT2D eigenvalue weighted by Gasteiger charge is -2.60. The first-order valence-corrected chi connectivity index (χ1v) is 12.4. The molecule has 0 aromatic rings. The molecule has 8 heteroatoms. The van der Waals surface area contributed by atoms with Gasteiger partial charge in [-0.1, -0.05) is 32.9 Å². The van der Waals surface area contributed by atoms with Crippen LogP contribution < -0.4 is 0 Å². The Kier molecular flexibility index (Phi) is 6.92. The molecule has 1 aliphatic heterocycles. The van der Waals surface area contributed by atoms with Gasteiger partial charge in [0.25, 0.3) is 0 Å². The first-order chi connectivity index (χ1) is 15.9. The van der Waals surface area contributed by atoms with Crippen LogP contribution in [0.2, 0.25) is 0 Å². The van der Waals surface area contributed by atoms with Crippen LogP contribution in [-0.4, -0.2) is 81.3 Å². The van der Waals surface area contributed by atoms with Crippen molar-refractivity contribution in [3.63, 3.8) is 0 Å². The van der Waals surface area contributed by atoms with Crippen LogP contribution in [0.1, 0.15) is 52.9 Å². The molecule has 3 aliphatic carbocycles. The Morgan fingerprint density at radius 1 is 1.15 bits per heavy atom. The van der Waals surface area contributed by atoms with E-state index in [0.717, 1.165) is 24.8 Å². The van der Waals surface area contributed by atoms with E-state index in [2.05, 4.69) is 26.5 Å². The maximum atomic E-state index is 13.3. The van der Waals surface area contributed by atoms with Gasteiger partial charge in [-0.2, -0.15) is 0 Å². The summed E-state index contributed by atoms with van der Waals surface area (Å²) >= 11 is 0. The second-order valence-corrected chi connectivity index (χ2v) is 11.6. The van der Waals surface area contributed by atoms with Crippen molar-refractivity contribution in [2.45, 2.75) is 89.7 Å². The van der Waals surface area contributed by atoms with E-state index in [-0.39, 0.29) is 35.1 Å². The van der Waals surface area contributed by atoms with Crippen LogP contribution in [0.25, 0.3) is 0 Å². The van der Waals surface area contributed by atoms with E-state index in [1.54, 1.807) is 0 Å². The lowest BCUT2D eigenvalue weighted by atomic mass is 9.44. The molecule has 11 atom stereocenters. The number of aliphatic hydroxyl groups is 5. The monoisotopic (exact) mass is 480 g/mol. The molecule has 34 heavy (non-hydrogen) atoms. The first kappa shape index (κ1) is 25.9. The summed E-state index contributed by atoms with van der Waals surface area (Å²) in [4.78, 5) is 13.3. The fraction of sp³-hybridized carbons (Fsp3) is 0.808. The Labute approximate surface area is 201 Å². The molecule has 0 radical (unpaired) electrons. The van der Waals surface area contributed by atoms with Crippen molar-refractivity contribution < 1.29 is 39.8 Å². The number of aliphatic hydroxyl groups excluding tert-OH is 5. The number of rotatable bonds is 5. The third-order valence-corrected chi connectivity index (χ3v) is 9.47. The molecule has 0 aromatic heterocycles. The van der Waals surface area contributed by atoms with Gasteiger partial charge in [0.15, 0.2) is 6.29 Å². The Hall–Kier alpha value is -1.13. The summed E-state index contributed by atoms with van der Waals surface area (Å²) in [5.41, 5.74) is -0.207. The van der Waals surface area contributed by atoms with Crippen LogP contribution in [0.4, 0.5) is 0 Å². The van der Waals surface area contributed by atoms with Crippen LogP contribution in [0.15, 0.2) is 24.3 Å². The van der Waals surface area contributed by atoms with Gasteiger partial charge in [-0.05, 0) is 48.5 Å². The van der Waals surface area contributed by atoms with Gasteiger partial charge in [0.2, 0.25) is 0 Å². The van der Waals surface area contributed by atoms with Gasteiger partial charge in [0.1, 0.15) is 30.2 Å². The average Bonchev–Trinajstić information content (AvgIpc) is 2.82.